The van der Waals surface area contributed by atoms with Crippen LogP contribution in [-0.4, -0.2) is 34.2 Å². The zero-order valence-corrected chi connectivity index (χ0v) is 12.3. The third-order valence-electron chi connectivity index (χ3n) is 2.96. The zero-order chi connectivity index (χ0) is 14.6. The van der Waals surface area contributed by atoms with Crippen LogP contribution in [0.25, 0.3) is 0 Å². The van der Waals surface area contributed by atoms with Crippen molar-refractivity contribution >= 4 is 12.0 Å². The Morgan fingerprint density at radius 3 is 2.70 bits per heavy atom. The fourth-order valence-corrected chi connectivity index (χ4v) is 2.14. The summed E-state index contributed by atoms with van der Waals surface area (Å²) in [5.74, 6) is 0.266. The highest BCUT2D eigenvalue weighted by atomic mass is 16.6. The molecule has 20 heavy (non-hydrogen) atoms. The molecule has 1 fully saturated rings. The van der Waals surface area contributed by atoms with Crippen molar-refractivity contribution in [1.29, 1.82) is 0 Å². The summed E-state index contributed by atoms with van der Waals surface area (Å²) in [5.41, 5.74) is 0.539. The first-order valence-electron chi connectivity index (χ1n) is 6.97. The standard InChI is InChI=1S/C14H22N4O2/c1-14(2,3)20-13(19)18-12-16-8-10(9-17-12)7-11-5-4-6-15-11/h8-9,11,15H,4-7H2,1-3H3,(H,16,17,18,19). The number of carbonyl (C=O) groups is 1. The van der Waals surface area contributed by atoms with Gasteiger partial charge in [-0.3, -0.25) is 5.32 Å². The third kappa shape index (κ3) is 4.77. The van der Waals surface area contributed by atoms with Gasteiger partial charge in [0.05, 0.1) is 0 Å². The number of aromatic nitrogens is 2. The normalized spacial score (nSPS) is 18.9. The molecule has 2 N–H and O–H groups in total. The van der Waals surface area contributed by atoms with E-state index in [1.807, 2.05) is 20.8 Å². The molecule has 6 heteroatoms. The molecule has 0 aromatic carbocycles. The van der Waals surface area contributed by atoms with Gasteiger partial charge in [0.1, 0.15) is 5.60 Å². The maximum atomic E-state index is 11.6. The number of nitrogens with zero attached hydrogens (tertiary/aromatic N) is 2. The van der Waals surface area contributed by atoms with Crippen LogP contribution < -0.4 is 10.6 Å². The molecule has 1 aromatic heterocycles. The summed E-state index contributed by atoms with van der Waals surface area (Å²) in [6.07, 6.45) is 6.30. The van der Waals surface area contributed by atoms with Crippen molar-refractivity contribution in [3.63, 3.8) is 0 Å². The number of carbonyl (C=O) groups excluding carboxylic acids is 1. The predicted molar refractivity (Wildman–Crippen MR) is 76.6 cm³/mol. The van der Waals surface area contributed by atoms with Gasteiger partial charge in [0.15, 0.2) is 0 Å². The van der Waals surface area contributed by atoms with E-state index in [0.717, 1.165) is 18.5 Å². The molecular weight excluding hydrogens is 256 g/mol. The summed E-state index contributed by atoms with van der Waals surface area (Å²) in [5, 5.41) is 5.95. The number of amides is 1. The quantitative estimate of drug-likeness (QED) is 0.885. The van der Waals surface area contributed by atoms with Gasteiger partial charge in [0, 0.05) is 18.4 Å². The van der Waals surface area contributed by atoms with Crippen molar-refractivity contribution in [3.05, 3.63) is 18.0 Å². The highest BCUT2D eigenvalue weighted by Crippen LogP contribution is 2.12. The van der Waals surface area contributed by atoms with Crippen molar-refractivity contribution in [2.45, 2.75) is 51.7 Å². The molecule has 1 aliphatic heterocycles. The minimum Gasteiger partial charge on any atom is -0.444 e. The SMILES string of the molecule is CC(C)(C)OC(=O)Nc1ncc(CC2CCCN2)cn1. The van der Waals surface area contributed by atoms with E-state index in [4.69, 9.17) is 4.74 Å². The highest BCUT2D eigenvalue weighted by Gasteiger charge is 2.17. The first-order chi connectivity index (χ1) is 9.42. The maximum absolute atomic E-state index is 11.6. The lowest BCUT2D eigenvalue weighted by Gasteiger charge is -2.19. The van der Waals surface area contributed by atoms with E-state index in [1.54, 1.807) is 12.4 Å². The minimum absolute atomic E-state index is 0.266. The summed E-state index contributed by atoms with van der Waals surface area (Å²) < 4.78 is 5.14. The minimum atomic E-state index is -0.539. The largest absolute Gasteiger partial charge is 0.444 e. The second-order valence-corrected chi connectivity index (χ2v) is 6.04. The average Bonchev–Trinajstić information content (AvgIpc) is 2.82. The van der Waals surface area contributed by atoms with Crippen LogP contribution in [0.4, 0.5) is 10.7 Å². The van der Waals surface area contributed by atoms with Gasteiger partial charge in [0.2, 0.25) is 5.95 Å². The Labute approximate surface area is 119 Å². The van der Waals surface area contributed by atoms with Crippen molar-refractivity contribution in [2.75, 3.05) is 11.9 Å². The van der Waals surface area contributed by atoms with E-state index in [-0.39, 0.29) is 5.95 Å². The van der Waals surface area contributed by atoms with Crippen molar-refractivity contribution in [3.8, 4) is 0 Å². The van der Waals surface area contributed by atoms with Gasteiger partial charge in [-0.2, -0.15) is 0 Å². The predicted octanol–water partition coefficient (Wildman–Crippen LogP) is 2.12. The molecule has 2 rings (SSSR count). The lowest BCUT2D eigenvalue weighted by Crippen LogP contribution is -2.28. The number of anilines is 1. The van der Waals surface area contributed by atoms with E-state index in [1.165, 1.54) is 12.8 Å². The Bertz CT molecular complexity index is 447. The van der Waals surface area contributed by atoms with Gasteiger partial charge in [0.25, 0.3) is 0 Å². The molecule has 0 bridgehead atoms. The molecule has 2 heterocycles. The molecule has 1 amide bonds. The summed E-state index contributed by atoms with van der Waals surface area (Å²) in [7, 11) is 0. The molecule has 1 aromatic rings. The number of hydrogen-bond donors (Lipinski definition) is 2. The van der Waals surface area contributed by atoms with Crippen LogP contribution in [0, 0.1) is 0 Å². The van der Waals surface area contributed by atoms with E-state index in [9.17, 15) is 4.79 Å². The molecule has 1 unspecified atom stereocenters. The number of rotatable bonds is 3. The summed E-state index contributed by atoms with van der Waals surface area (Å²) in [4.78, 5) is 19.8. The average molecular weight is 278 g/mol. The monoisotopic (exact) mass is 278 g/mol. The van der Waals surface area contributed by atoms with Gasteiger partial charge < -0.3 is 10.1 Å². The Morgan fingerprint density at radius 1 is 1.45 bits per heavy atom. The molecule has 110 valence electrons. The van der Waals surface area contributed by atoms with Crippen LogP contribution in [0.15, 0.2) is 12.4 Å². The Hall–Kier alpha value is -1.69. The van der Waals surface area contributed by atoms with Crippen molar-refractivity contribution in [1.82, 2.24) is 15.3 Å². The van der Waals surface area contributed by atoms with Crippen molar-refractivity contribution in [2.24, 2.45) is 0 Å². The highest BCUT2D eigenvalue weighted by molar-refractivity contribution is 5.82. The molecule has 0 saturated carbocycles. The van der Waals surface area contributed by atoms with E-state index in [0.29, 0.717) is 6.04 Å². The van der Waals surface area contributed by atoms with Crippen LogP contribution in [0.1, 0.15) is 39.2 Å². The van der Waals surface area contributed by atoms with Gasteiger partial charge in [-0.15, -0.1) is 0 Å². The molecule has 1 aliphatic rings. The molecule has 1 saturated heterocycles. The number of nitrogens with one attached hydrogen (secondary N) is 2. The Kier molecular flexibility index (Phi) is 4.54. The van der Waals surface area contributed by atoms with E-state index in [2.05, 4.69) is 20.6 Å². The Morgan fingerprint density at radius 2 is 2.15 bits per heavy atom. The molecule has 6 nitrogen and oxygen atoms in total. The lowest BCUT2D eigenvalue weighted by atomic mass is 10.1. The topological polar surface area (TPSA) is 76.1 Å². The number of hydrogen-bond acceptors (Lipinski definition) is 5. The maximum Gasteiger partial charge on any atom is 0.414 e. The fraction of sp³-hybridized carbons (Fsp3) is 0.643. The van der Waals surface area contributed by atoms with Gasteiger partial charge in [-0.1, -0.05) is 0 Å². The van der Waals surface area contributed by atoms with E-state index < -0.39 is 11.7 Å². The lowest BCUT2D eigenvalue weighted by molar-refractivity contribution is 0.0634. The molecule has 0 aliphatic carbocycles. The first-order valence-corrected chi connectivity index (χ1v) is 6.97. The second kappa shape index (κ2) is 6.17. The number of ether oxygens (including phenoxy) is 1. The van der Waals surface area contributed by atoms with Crippen LogP contribution in [-0.2, 0) is 11.2 Å². The van der Waals surface area contributed by atoms with Crippen LogP contribution >= 0.6 is 0 Å². The second-order valence-electron chi connectivity index (χ2n) is 6.04. The Balaban J connectivity index is 1.86. The van der Waals surface area contributed by atoms with Crippen LogP contribution in [0.3, 0.4) is 0 Å². The van der Waals surface area contributed by atoms with Gasteiger partial charge >= 0.3 is 6.09 Å². The first kappa shape index (κ1) is 14.7. The summed E-state index contributed by atoms with van der Waals surface area (Å²) in [6, 6.07) is 0.517. The fourth-order valence-electron chi connectivity index (χ4n) is 2.14. The molecule has 1 atom stereocenters. The van der Waals surface area contributed by atoms with Crippen LogP contribution in [0.2, 0.25) is 0 Å². The molecule has 0 radical (unpaired) electrons. The molecule has 0 spiro atoms. The van der Waals surface area contributed by atoms with Crippen molar-refractivity contribution < 1.29 is 9.53 Å². The summed E-state index contributed by atoms with van der Waals surface area (Å²) >= 11 is 0. The summed E-state index contributed by atoms with van der Waals surface area (Å²) in [6.45, 7) is 6.52. The smallest absolute Gasteiger partial charge is 0.414 e. The van der Waals surface area contributed by atoms with Crippen LogP contribution in [0.5, 0.6) is 0 Å². The van der Waals surface area contributed by atoms with Gasteiger partial charge in [-0.05, 0) is 52.1 Å². The van der Waals surface area contributed by atoms with Gasteiger partial charge in [-0.25, -0.2) is 14.8 Å². The molecular formula is C14H22N4O2. The van der Waals surface area contributed by atoms with E-state index >= 15 is 0 Å². The third-order valence-corrected chi connectivity index (χ3v) is 2.96. The zero-order valence-electron chi connectivity index (χ0n) is 12.3.